The lowest BCUT2D eigenvalue weighted by Crippen LogP contribution is -2.42. The summed E-state index contributed by atoms with van der Waals surface area (Å²) in [5.41, 5.74) is 0.912. The zero-order valence-electron chi connectivity index (χ0n) is 20.1. The van der Waals surface area contributed by atoms with Gasteiger partial charge in [0.2, 0.25) is 0 Å². The molecule has 1 unspecified atom stereocenters. The Kier molecular flexibility index (Phi) is 8.63. The Morgan fingerprint density at radius 3 is 2.56 bits per heavy atom. The van der Waals surface area contributed by atoms with Gasteiger partial charge in [0.25, 0.3) is 11.8 Å². The highest BCUT2D eigenvalue weighted by atomic mass is 79.9. The first-order valence-electron chi connectivity index (χ1n) is 11.3. The van der Waals surface area contributed by atoms with Crippen LogP contribution >= 0.6 is 39.1 Å². The number of rotatable bonds is 8. The molecule has 4 rings (SSSR count). The number of hydrogen-bond donors (Lipinski definition) is 3. The normalized spacial score (nSPS) is 11.6. The number of aliphatic carboxylic acids is 1. The van der Waals surface area contributed by atoms with Crippen LogP contribution in [-0.2, 0) is 11.2 Å². The number of halogens is 4. The number of amides is 2. The third kappa shape index (κ3) is 6.62. The molecule has 0 bridgehead atoms. The molecule has 3 N–H and O–H groups in total. The number of pyridine rings is 1. The van der Waals surface area contributed by atoms with Gasteiger partial charge in [-0.15, -0.1) is 0 Å². The van der Waals surface area contributed by atoms with Crippen molar-refractivity contribution in [3.63, 3.8) is 0 Å². The average Bonchev–Trinajstić information content (AvgIpc) is 3.26. The van der Waals surface area contributed by atoms with E-state index in [4.69, 9.17) is 23.2 Å². The van der Waals surface area contributed by atoms with Crippen LogP contribution in [0.2, 0.25) is 10.0 Å². The maximum atomic E-state index is 13.6. The quantitative estimate of drug-likeness (QED) is 0.236. The summed E-state index contributed by atoms with van der Waals surface area (Å²) in [7, 11) is 0. The Balaban J connectivity index is 1.65. The topological polar surface area (TPSA) is 126 Å². The predicted octanol–water partition coefficient (Wildman–Crippen LogP) is 5.46. The molecule has 0 aliphatic heterocycles. The molecule has 200 valence electrons. The molecule has 0 spiro atoms. The first-order chi connectivity index (χ1) is 18.5. The van der Waals surface area contributed by atoms with E-state index >= 15 is 0 Å². The van der Waals surface area contributed by atoms with Gasteiger partial charge < -0.3 is 15.7 Å². The summed E-state index contributed by atoms with van der Waals surface area (Å²) in [4.78, 5) is 42.8. The van der Waals surface area contributed by atoms with Crippen LogP contribution in [0.1, 0.15) is 32.0 Å². The molecule has 4 aromatic rings. The van der Waals surface area contributed by atoms with Crippen LogP contribution in [0.25, 0.3) is 5.82 Å². The van der Waals surface area contributed by atoms with E-state index in [9.17, 15) is 23.9 Å². The van der Waals surface area contributed by atoms with Gasteiger partial charge in [-0.2, -0.15) is 5.10 Å². The fourth-order valence-electron chi connectivity index (χ4n) is 3.81. The van der Waals surface area contributed by atoms with Crippen molar-refractivity contribution in [1.29, 1.82) is 0 Å². The van der Waals surface area contributed by atoms with Crippen LogP contribution in [-0.4, -0.2) is 43.7 Å². The lowest BCUT2D eigenvalue weighted by molar-refractivity contribution is -0.139. The SMILES string of the molecule is Cc1cc(Cl)cc(C(=O)NC(Cc2cccc(F)c2)C(=O)O)c1NC(=O)c1cc(Br)nn1-c1ncccc1Cl. The summed E-state index contributed by atoms with van der Waals surface area (Å²) in [6.07, 6.45) is 1.32. The van der Waals surface area contributed by atoms with Gasteiger partial charge in [0, 0.05) is 23.7 Å². The molecule has 0 radical (unpaired) electrons. The molecule has 13 heteroatoms. The van der Waals surface area contributed by atoms with Crippen LogP contribution in [0.5, 0.6) is 0 Å². The lowest BCUT2D eigenvalue weighted by Gasteiger charge is -2.18. The van der Waals surface area contributed by atoms with E-state index in [1.807, 2.05) is 0 Å². The largest absolute Gasteiger partial charge is 0.480 e. The number of aromatic nitrogens is 3. The number of anilines is 1. The zero-order chi connectivity index (χ0) is 28.3. The van der Waals surface area contributed by atoms with E-state index < -0.39 is 29.6 Å². The molecule has 1 atom stereocenters. The van der Waals surface area contributed by atoms with Crippen LogP contribution in [0.15, 0.2) is 65.4 Å². The summed E-state index contributed by atoms with van der Waals surface area (Å²) in [6, 6.07) is 11.6. The second kappa shape index (κ2) is 11.9. The summed E-state index contributed by atoms with van der Waals surface area (Å²) < 4.78 is 15.2. The highest BCUT2D eigenvalue weighted by molar-refractivity contribution is 9.10. The Morgan fingerprint density at radius 1 is 1.10 bits per heavy atom. The van der Waals surface area contributed by atoms with Gasteiger partial charge in [0.05, 0.1) is 16.3 Å². The monoisotopic (exact) mass is 633 g/mol. The highest BCUT2D eigenvalue weighted by Crippen LogP contribution is 2.28. The van der Waals surface area contributed by atoms with Gasteiger partial charge in [-0.25, -0.2) is 18.9 Å². The summed E-state index contributed by atoms with van der Waals surface area (Å²) >= 11 is 15.7. The van der Waals surface area contributed by atoms with E-state index in [-0.39, 0.29) is 39.2 Å². The Bertz CT molecular complexity index is 1600. The number of benzene rings is 2. The van der Waals surface area contributed by atoms with Crippen LogP contribution in [0.4, 0.5) is 10.1 Å². The van der Waals surface area contributed by atoms with Crippen LogP contribution in [0.3, 0.4) is 0 Å². The van der Waals surface area contributed by atoms with Crippen molar-refractivity contribution in [3.8, 4) is 5.82 Å². The predicted molar refractivity (Wildman–Crippen MR) is 147 cm³/mol. The number of carboxylic acids is 1. The fourth-order valence-corrected chi connectivity index (χ4v) is 4.66. The van der Waals surface area contributed by atoms with Gasteiger partial charge in [-0.05, 0) is 70.4 Å². The molecule has 39 heavy (non-hydrogen) atoms. The van der Waals surface area contributed by atoms with Crippen molar-refractivity contribution >= 4 is 62.6 Å². The molecule has 0 saturated heterocycles. The molecule has 2 aromatic carbocycles. The first-order valence-corrected chi connectivity index (χ1v) is 12.8. The molecule has 9 nitrogen and oxygen atoms in total. The van der Waals surface area contributed by atoms with Gasteiger partial charge in [-0.1, -0.05) is 35.3 Å². The van der Waals surface area contributed by atoms with Gasteiger partial charge in [-0.3, -0.25) is 9.59 Å². The lowest BCUT2D eigenvalue weighted by atomic mass is 10.0. The molecule has 2 aromatic heterocycles. The Morgan fingerprint density at radius 2 is 1.87 bits per heavy atom. The minimum Gasteiger partial charge on any atom is -0.480 e. The second-order valence-corrected chi connectivity index (χ2v) is 10.0. The summed E-state index contributed by atoms with van der Waals surface area (Å²) in [5, 5.41) is 19.5. The number of carbonyl (C=O) groups is 3. The standard InChI is InChI=1S/C26H19BrCl2FN5O4/c1-13-8-15(28)11-17(24(36)32-19(26(38)39)10-14-4-2-5-16(30)9-14)22(13)33-25(37)20-12-21(27)34-35(20)23-18(29)6-3-7-31-23/h2-9,11-12,19H,10H2,1H3,(H,32,36)(H,33,37)(H,38,39). The zero-order valence-corrected chi connectivity index (χ0v) is 23.2. The number of carbonyl (C=O) groups excluding carboxylic acids is 2. The third-order valence-corrected chi connectivity index (χ3v) is 6.47. The Hall–Kier alpha value is -3.80. The minimum absolute atomic E-state index is 0.0534. The maximum absolute atomic E-state index is 13.6. The number of nitrogens with zero attached hydrogens (tertiary/aromatic N) is 3. The summed E-state index contributed by atoms with van der Waals surface area (Å²) in [5.74, 6) is -3.09. The van der Waals surface area contributed by atoms with Crippen molar-refractivity contribution in [1.82, 2.24) is 20.1 Å². The van der Waals surface area contributed by atoms with Gasteiger partial charge >= 0.3 is 5.97 Å². The van der Waals surface area contributed by atoms with Crippen molar-refractivity contribution in [2.45, 2.75) is 19.4 Å². The average molecular weight is 635 g/mol. The summed E-state index contributed by atoms with van der Waals surface area (Å²) in [6.45, 7) is 1.63. The van der Waals surface area contributed by atoms with Crippen molar-refractivity contribution in [2.75, 3.05) is 5.32 Å². The van der Waals surface area contributed by atoms with Crippen molar-refractivity contribution in [3.05, 3.63) is 104 Å². The highest BCUT2D eigenvalue weighted by Gasteiger charge is 2.26. The minimum atomic E-state index is -1.38. The molecule has 0 aliphatic rings. The maximum Gasteiger partial charge on any atom is 0.326 e. The third-order valence-electron chi connectivity index (χ3n) is 5.57. The molecular formula is C26H19BrCl2FN5O4. The van der Waals surface area contributed by atoms with Gasteiger partial charge in [0.1, 0.15) is 22.2 Å². The number of aryl methyl sites for hydroxylation is 1. The van der Waals surface area contributed by atoms with Crippen LogP contribution < -0.4 is 10.6 Å². The number of hydrogen-bond acceptors (Lipinski definition) is 5. The van der Waals surface area contributed by atoms with Crippen LogP contribution in [0, 0.1) is 12.7 Å². The molecule has 2 heterocycles. The molecule has 0 saturated carbocycles. The first kappa shape index (κ1) is 28.2. The van der Waals surface area contributed by atoms with E-state index in [0.717, 1.165) is 0 Å². The number of nitrogens with one attached hydrogen (secondary N) is 2. The van der Waals surface area contributed by atoms with Crippen molar-refractivity contribution in [2.24, 2.45) is 0 Å². The molecule has 0 fully saturated rings. The van der Waals surface area contributed by atoms with E-state index in [1.165, 1.54) is 47.3 Å². The number of carboxylic acid groups (broad SMARTS) is 1. The molecule has 2 amide bonds. The van der Waals surface area contributed by atoms with E-state index in [1.54, 1.807) is 25.1 Å². The van der Waals surface area contributed by atoms with Gasteiger partial charge in [0.15, 0.2) is 5.82 Å². The molecular weight excluding hydrogens is 616 g/mol. The second-order valence-electron chi connectivity index (χ2n) is 8.37. The van der Waals surface area contributed by atoms with E-state index in [0.29, 0.717) is 15.7 Å². The fraction of sp³-hybridized carbons (Fsp3) is 0.115. The molecule has 0 aliphatic carbocycles. The smallest absolute Gasteiger partial charge is 0.326 e. The Labute approximate surface area is 240 Å². The van der Waals surface area contributed by atoms with E-state index in [2.05, 4.69) is 36.6 Å². The van der Waals surface area contributed by atoms with Crippen molar-refractivity contribution < 1.29 is 23.9 Å².